The molecule has 0 saturated carbocycles. The third kappa shape index (κ3) is 3.59. The second-order valence-corrected chi connectivity index (χ2v) is 10.1. The second-order valence-electron chi connectivity index (χ2n) is 10.1. The normalized spacial score (nSPS) is 11.4. The van der Waals surface area contributed by atoms with Crippen molar-refractivity contribution < 1.29 is 0 Å². The molecule has 0 radical (unpaired) electrons. The number of aromatic nitrogens is 1. The fourth-order valence-electron chi connectivity index (χ4n) is 5.96. The van der Waals surface area contributed by atoms with Crippen LogP contribution in [0.5, 0.6) is 0 Å². The van der Waals surface area contributed by atoms with Crippen molar-refractivity contribution in [3.63, 3.8) is 0 Å². The Balaban J connectivity index is 1.53. The van der Waals surface area contributed by atoms with Crippen molar-refractivity contribution in [1.82, 2.24) is 4.98 Å². The van der Waals surface area contributed by atoms with Crippen molar-refractivity contribution in [2.45, 2.75) is 13.8 Å². The Morgan fingerprint density at radius 3 is 1.63 bits per heavy atom. The molecule has 38 heavy (non-hydrogen) atoms. The lowest BCUT2D eigenvalue weighted by Gasteiger charge is -2.19. The van der Waals surface area contributed by atoms with Crippen LogP contribution in [0.2, 0.25) is 0 Å². The molecule has 180 valence electrons. The quantitative estimate of drug-likeness (QED) is 0.227. The van der Waals surface area contributed by atoms with Crippen LogP contribution in [0.25, 0.3) is 65.7 Å². The van der Waals surface area contributed by atoms with Gasteiger partial charge in [-0.3, -0.25) is 4.98 Å². The third-order valence-electron chi connectivity index (χ3n) is 7.72. The Kier molecular flexibility index (Phi) is 5.30. The largest absolute Gasteiger partial charge is 0.264 e. The zero-order chi connectivity index (χ0) is 25.6. The van der Waals surface area contributed by atoms with E-state index in [0.717, 1.165) is 5.56 Å². The highest BCUT2D eigenvalue weighted by atomic mass is 14.6. The van der Waals surface area contributed by atoms with E-state index in [4.69, 9.17) is 0 Å². The van der Waals surface area contributed by atoms with Crippen LogP contribution in [0, 0.1) is 13.8 Å². The number of benzene rings is 6. The molecule has 0 bridgehead atoms. The number of nitrogens with zero attached hydrogens (tertiary/aromatic N) is 1. The molecule has 0 unspecified atom stereocenters. The van der Waals surface area contributed by atoms with Crippen LogP contribution in [0.3, 0.4) is 0 Å². The van der Waals surface area contributed by atoms with Gasteiger partial charge in [-0.1, -0.05) is 109 Å². The zero-order valence-corrected chi connectivity index (χ0v) is 21.6. The molecule has 0 spiro atoms. The highest BCUT2D eigenvalue weighted by Gasteiger charge is 2.18. The van der Waals surface area contributed by atoms with Gasteiger partial charge in [0.25, 0.3) is 0 Å². The number of hydrogen-bond donors (Lipinski definition) is 0. The first-order chi connectivity index (χ1) is 18.7. The maximum Gasteiger partial charge on any atom is 0.0346 e. The summed E-state index contributed by atoms with van der Waals surface area (Å²) >= 11 is 0. The first-order valence-electron chi connectivity index (χ1n) is 13.1. The van der Waals surface area contributed by atoms with Gasteiger partial charge in [0.1, 0.15) is 0 Å². The first-order valence-corrected chi connectivity index (χ1v) is 13.1. The summed E-state index contributed by atoms with van der Waals surface area (Å²) in [6.07, 6.45) is 3.84. The van der Waals surface area contributed by atoms with Gasteiger partial charge >= 0.3 is 0 Å². The van der Waals surface area contributed by atoms with E-state index >= 15 is 0 Å². The van der Waals surface area contributed by atoms with E-state index in [1.54, 1.807) is 0 Å². The van der Waals surface area contributed by atoms with Gasteiger partial charge in [0.05, 0.1) is 0 Å². The molecule has 0 aliphatic heterocycles. The van der Waals surface area contributed by atoms with Gasteiger partial charge in [0.15, 0.2) is 0 Å². The predicted molar refractivity (Wildman–Crippen MR) is 163 cm³/mol. The molecule has 0 atom stereocenters. The van der Waals surface area contributed by atoms with Crippen molar-refractivity contribution >= 4 is 32.3 Å². The minimum atomic E-state index is 1.15. The molecule has 1 aromatic heterocycles. The van der Waals surface area contributed by atoms with Crippen molar-refractivity contribution in [3.8, 4) is 33.4 Å². The molecule has 0 saturated heterocycles. The molecule has 0 aliphatic carbocycles. The smallest absolute Gasteiger partial charge is 0.0346 e. The molecule has 1 nitrogen and oxygen atoms in total. The Hall–Kier alpha value is -4.75. The SMILES string of the molecule is Cc1cncc(-c2ccc(-c3c4ccccc4c(-c4cccc5c(C)cccc45)c4ccccc34)cc2)c1. The summed E-state index contributed by atoms with van der Waals surface area (Å²) in [5.74, 6) is 0. The number of hydrogen-bond acceptors (Lipinski definition) is 1. The molecule has 0 N–H and O–H groups in total. The summed E-state index contributed by atoms with van der Waals surface area (Å²) in [4.78, 5) is 4.39. The lowest BCUT2D eigenvalue weighted by molar-refractivity contribution is 1.27. The maximum absolute atomic E-state index is 4.39. The van der Waals surface area contributed by atoms with E-state index in [1.807, 2.05) is 12.4 Å². The monoisotopic (exact) mass is 485 g/mol. The highest BCUT2D eigenvalue weighted by Crippen LogP contribution is 2.45. The molecule has 7 rings (SSSR count). The fourth-order valence-corrected chi connectivity index (χ4v) is 5.96. The van der Waals surface area contributed by atoms with Gasteiger partial charge < -0.3 is 0 Å². The zero-order valence-electron chi connectivity index (χ0n) is 21.6. The summed E-state index contributed by atoms with van der Waals surface area (Å²) in [5, 5.41) is 7.71. The van der Waals surface area contributed by atoms with Crippen molar-refractivity contribution in [2.24, 2.45) is 0 Å². The predicted octanol–water partition coefficient (Wildman–Crippen LogP) is 10.2. The van der Waals surface area contributed by atoms with Crippen molar-refractivity contribution in [2.75, 3.05) is 0 Å². The second kappa shape index (κ2) is 8.97. The standard InChI is InChI=1S/C37H27N/c1-24-21-28(23-38-22-24)26-17-19-27(20-18-26)36-32-10-3-5-12-34(32)37(35-13-6-4-11-33(35)36)31-16-8-14-29-25(2)9-7-15-30(29)31/h3-23H,1-2H3. The van der Waals surface area contributed by atoms with E-state index in [9.17, 15) is 0 Å². The highest BCUT2D eigenvalue weighted by molar-refractivity contribution is 6.23. The minimum Gasteiger partial charge on any atom is -0.264 e. The number of fused-ring (bicyclic) bond motifs is 3. The maximum atomic E-state index is 4.39. The van der Waals surface area contributed by atoms with Crippen LogP contribution in [0.15, 0.2) is 128 Å². The van der Waals surface area contributed by atoms with Gasteiger partial charge in [-0.25, -0.2) is 0 Å². The van der Waals surface area contributed by atoms with Gasteiger partial charge in [0, 0.05) is 18.0 Å². The van der Waals surface area contributed by atoms with Crippen LogP contribution in [-0.4, -0.2) is 4.98 Å². The minimum absolute atomic E-state index is 1.15. The molecule has 0 fully saturated rings. The Morgan fingerprint density at radius 1 is 0.421 bits per heavy atom. The lowest BCUT2D eigenvalue weighted by Crippen LogP contribution is -1.92. The lowest BCUT2D eigenvalue weighted by atomic mass is 9.84. The molecular weight excluding hydrogens is 458 g/mol. The van der Waals surface area contributed by atoms with E-state index in [2.05, 4.69) is 134 Å². The first kappa shape index (κ1) is 22.4. The fraction of sp³-hybridized carbons (Fsp3) is 0.0541. The van der Waals surface area contributed by atoms with Crippen LogP contribution < -0.4 is 0 Å². The molecule has 0 amide bonds. The van der Waals surface area contributed by atoms with Gasteiger partial charge in [-0.05, 0) is 91.2 Å². The van der Waals surface area contributed by atoms with Gasteiger partial charge in [0.2, 0.25) is 0 Å². The van der Waals surface area contributed by atoms with Crippen LogP contribution in [0.1, 0.15) is 11.1 Å². The van der Waals surface area contributed by atoms with Gasteiger partial charge in [-0.2, -0.15) is 0 Å². The van der Waals surface area contributed by atoms with Crippen molar-refractivity contribution in [1.29, 1.82) is 0 Å². The van der Waals surface area contributed by atoms with Gasteiger partial charge in [-0.15, -0.1) is 0 Å². The Bertz CT molecular complexity index is 1920. The van der Waals surface area contributed by atoms with E-state index in [-0.39, 0.29) is 0 Å². The van der Waals surface area contributed by atoms with Crippen molar-refractivity contribution in [3.05, 3.63) is 139 Å². The molecule has 6 aromatic carbocycles. The summed E-state index contributed by atoms with van der Waals surface area (Å²) in [7, 11) is 0. The van der Waals surface area contributed by atoms with E-state index in [0.29, 0.717) is 0 Å². The van der Waals surface area contributed by atoms with Crippen LogP contribution in [-0.2, 0) is 0 Å². The summed E-state index contributed by atoms with van der Waals surface area (Å²) in [5.41, 5.74) is 9.90. The summed E-state index contributed by atoms with van der Waals surface area (Å²) < 4.78 is 0. The number of rotatable bonds is 3. The van der Waals surface area contributed by atoms with E-state index < -0.39 is 0 Å². The summed E-state index contributed by atoms with van der Waals surface area (Å²) in [6.45, 7) is 4.28. The average Bonchev–Trinajstić information content (AvgIpc) is 2.96. The molecular formula is C37H27N. The molecule has 1 heteroatoms. The Morgan fingerprint density at radius 2 is 0.974 bits per heavy atom. The van der Waals surface area contributed by atoms with Crippen LogP contribution in [0.4, 0.5) is 0 Å². The molecule has 0 aliphatic rings. The molecule has 7 aromatic rings. The average molecular weight is 486 g/mol. The topological polar surface area (TPSA) is 12.9 Å². The summed E-state index contributed by atoms with van der Waals surface area (Å²) in [6, 6.07) is 42.2. The number of pyridine rings is 1. The third-order valence-corrected chi connectivity index (χ3v) is 7.72. The van der Waals surface area contributed by atoms with Crippen LogP contribution >= 0.6 is 0 Å². The molecule has 1 heterocycles. The van der Waals surface area contributed by atoms with E-state index in [1.165, 1.54) is 71.3 Å². The number of aryl methyl sites for hydroxylation is 2. The Labute approximate surface area is 223 Å².